The quantitative estimate of drug-likeness (QED) is 0.637. The van der Waals surface area contributed by atoms with Gasteiger partial charge >= 0.3 is 5.69 Å². The number of rotatable bonds is 6. The summed E-state index contributed by atoms with van der Waals surface area (Å²) in [6.45, 7) is 3.81. The van der Waals surface area contributed by atoms with Crippen molar-refractivity contribution in [2.75, 3.05) is 18.0 Å². The number of aromatic nitrogens is 2. The van der Waals surface area contributed by atoms with Gasteiger partial charge in [-0.05, 0) is 38.6 Å². The topological polar surface area (TPSA) is 76.2 Å². The lowest BCUT2D eigenvalue weighted by atomic mass is 10.2. The van der Waals surface area contributed by atoms with E-state index in [1.807, 2.05) is 14.0 Å². The second kappa shape index (κ2) is 5.63. The van der Waals surface area contributed by atoms with Crippen molar-refractivity contribution in [2.45, 2.75) is 51.1 Å². The minimum atomic E-state index is -0.265. The summed E-state index contributed by atoms with van der Waals surface area (Å²) < 4.78 is 1.70. The van der Waals surface area contributed by atoms with E-state index in [9.17, 15) is 10.1 Å². The number of hydrogen-bond donors (Lipinski definition) is 1. The average molecular weight is 293 g/mol. The maximum atomic E-state index is 11.5. The fourth-order valence-electron chi connectivity index (χ4n) is 3.25. The predicted octanol–water partition coefficient (Wildman–Crippen LogP) is 1.61. The molecule has 7 heteroatoms. The fraction of sp³-hybridized carbons (Fsp3) is 0.786. The Bertz CT molecular complexity index is 532. The molecular formula is C14H23N5O2. The fourth-order valence-corrected chi connectivity index (χ4v) is 3.25. The first-order valence-corrected chi connectivity index (χ1v) is 7.82. The zero-order valence-electron chi connectivity index (χ0n) is 12.7. The van der Waals surface area contributed by atoms with Gasteiger partial charge in [-0.2, -0.15) is 5.10 Å². The highest BCUT2D eigenvalue weighted by Gasteiger charge is 2.38. The highest BCUT2D eigenvalue weighted by atomic mass is 16.6. The minimum absolute atomic E-state index is 0.199. The van der Waals surface area contributed by atoms with Crippen LogP contribution in [0.15, 0.2) is 0 Å². The normalized spacial score (nSPS) is 21.7. The minimum Gasteiger partial charge on any atom is -0.347 e. The molecule has 3 rings (SSSR count). The lowest BCUT2D eigenvalue weighted by molar-refractivity contribution is -0.384. The average Bonchev–Trinajstić information content (AvgIpc) is 3.05. The Morgan fingerprint density at radius 3 is 2.76 bits per heavy atom. The van der Waals surface area contributed by atoms with E-state index in [0.717, 1.165) is 32.4 Å². The molecule has 1 aromatic heterocycles. The molecule has 2 fully saturated rings. The molecule has 1 aliphatic heterocycles. The molecule has 2 heterocycles. The maximum absolute atomic E-state index is 11.5. The zero-order valence-corrected chi connectivity index (χ0v) is 12.7. The molecule has 1 unspecified atom stereocenters. The van der Waals surface area contributed by atoms with Gasteiger partial charge in [-0.15, -0.1) is 0 Å². The maximum Gasteiger partial charge on any atom is 0.334 e. The Labute approximate surface area is 124 Å². The van der Waals surface area contributed by atoms with Crippen LogP contribution in [0.5, 0.6) is 0 Å². The number of nitrogens with one attached hydrogen (secondary N) is 1. The molecular weight excluding hydrogens is 270 g/mol. The van der Waals surface area contributed by atoms with Crippen LogP contribution in [0.3, 0.4) is 0 Å². The zero-order chi connectivity index (χ0) is 15.0. The Kier molecular flexibility index (Phi) is 3.84. The van der Waals surface area contributed by atoms with Crippen molar-refractivity contribution >= 4 is 11.5 Å². The number of aryl methyl sites for hydroxylation is 2. The largest absolute Gasteiger partial charge is 0.347 e. The second-order valence-corrected chi connectivity index (χ2v) is 6.03. The first-order valence-electron chi connectivity index (χ1n) is 7.82. The van der Waals surface area contributed by atoms with Gasteiger partial charge in [0.05, 0.1) is 4.92 Å². The van der Waals surface area contributed by atoms with E-state index in [0.29, 0.717) is 30.0 Å². The van der Waals surface area contributed by atoms with Crippen LogP contribution in [0, 0.1) is 10.1 Å². The SMILES string of the molecule is CCc1nn(C)c(N(CC2CCCN2)C2CC2)c1[N+](=O)[O-]. The predicted molar refractivity (Wildman–Crippen MR) is 80.6 cm³/mol. The van der Waals surface area contributed by atoms with Crippen molar-refractivity contribution in [3.05, 3.63) is 15.8 Å². The van der Waals surface area contributed by atoms with Crippen LogP contribution in [0.25, 0.3) is 0 Å². The molecule has 1 N–H and O–H groups in total. The molecule has 1 saturated carbocycles. The number of hydrogen-bond acceptors (Lipinski definition) is 5. The van der Waals surface area contributed by atoms with Gasteiger partial charge in [0.2, 0.25) is 5.82 Å². The molecule has 1 atom stereocenters. The number of anilines is 1. The lowest BCUT2D eigenvalue weighted by Crippen LogP contribution is -2.40. The summed E-state index contributed by atoms with van der Waals surface area (Å²) in [4.78, 5) is 13.5. The third-order valence-corrected chi connectivity index (χ3v) is 4.42. The van der Waals surface area contributed by atoms with Crippen LogP contribution in [0.2, 0.25) is 0 Å². The van der Waals surface area contributed by atoms with Crippen LogP contribution in [0.4, 0.5) is 11.5 Å². The number of nitro groups is 1. The first kappa shape index (κ1) is 14.3. The van der Waals surface area contributed by atoms with E-state index in [4.69, 9.17) is 0 Å². The summed E-state index contributed by atoms with van der Waals surface area (Å²) in [5.41, 5.74) is 0.785. The smallest absolute Gasteiger partial charge is 0.334 e. The van der Waals surface area contributed by atoms with Gasteiger partial charge in [-0.1, -0.05) is 6.92 Å². The lowest BCUT2D eigenvalue weighted by Gasteiger charge is -2.26. The van der Waals surface area contributed by atoms with Crippen molar-refractivity contribution in [3.8, 4) is 0 Å². The Balaban J connectivity index is 1.94. The van der Waals surface area contributed by atoms with E-state index in [-0.39, 0.29) is 10.6 Å². The highest BCUT2D eigenvalue weighted by Crippen LogP contribution is 2.39. The standard InChI is InChI=1S/C14H23N5O2/c1-3-12-13(19(20)21)14(17(2)16-12)18(11-6-7-11)9-10-5-4-8-15-10/h10-11,15H,3-9H2,1-2H3. The Morgan fingerprint density at radius 2 is 2.24 bits per heavy atom. The molecule has 0 radical (unpaired) electrons. The van der Waals surface area contributed by atoms with Crippen LogP contribution >= 0.6 is 0 Å². The molecule has 2 aliphatic rings. The Morgan fingerprint density at radius 1 is 1.48 bits per heavy atom. The van der Waals surface area contributed by atoms with Gasteiger partial charge in [-0.3, -0.25) is 10.1 Å². The van der Waals surface area contributed by atoms with Crippen molar-refractivity contribution < 1.29 is 4.92 Å². The molecule has 1 aliphatic carbocycles. The van der Waals surface area contributed by atoms with Crippen molar-refractivity contribution in [3.63, 3.8) is 0 Å². The van der Waals surface area contributed by atoms with Crippen molar-refractivity contribution in [1.29, 1.82) is 0 Å². The molecule has 0 aromatic carbocycles. The second-order valence-electron chi connectivity index (χ2n) is 6.03. The third kappa shape index (κ3) is 2.74. The molecule has 21 heavy (non-hydrogen) atoms. The van der Waals surface area contributed by atoms with Gasteiger partial charge in [-0.25, -0.2) is 4.68 Å². The molecule has 1 aromatic rings. The molecule has 0 spiro atoms. The van der Waals surface area contributed by atoms with Gasteiger partial charge in [0.25, 0.3) is 0 Å². The van der Waals surface area contributed by atoms with Crippen molar-refractivity contribution in [1.82, 2.24) is 15.1 Å². The third-order valence-electron chi connectivity index (χ3n) is 4.42. The van der Waals surface area contributed by atoms with Gasteiger partial charge in [0.1, 0.15) is 5.69 Å². The molecule has 7 nitrogen and oxygen atoms in total. The highest BCUT2D eigenvalue weighted by molar-refractivity contribution is 5.63. The van der Waals surface area contributed by atoms with Crippen molar-refractivity contribution in [2.24, 2.45) is 7.05 Å². The van der Waals surface area contributed by atoms with Gasteiger partial charge in [0.15, 0.2) is 0 Å². The van der Waals surface area contributed by atoms with E-state index in [1.165, 1.54) is 6.42 Å². The van der Waals surface area contributed by atoms with Crippen LogP contribution in [-0.4, -0.2) is 39.9 Å². The van der Waals surface area contributed by atoms with Crippen LogP contribution in [-0.2, 0) is 13.5 Å². The van der Waals surface area contributed by atoms with Crippen LogP contribution < -0.4 is 10.2 Å². The summed E-state index contributed by atoms with van der Waals surface area (Å²) in [5.74, 6) is 0.688. The summed E-state index contributed by atoms with van der Waals surface area (Å²) in [6, 6.07) is 0.872. The molecule has 0 bridgehead atoms. The summed E-state index contributed by atoms with van der Waals surface area (Å²) in [7, 11) is 1.82. The monoisotopic (exact) mass is 293 g/mol. The Hall–Kier alpha value is -1.63. The summed E-state index contributed by atoms with van der Waals surface area (Å²) in [6.07, 6.45) is 5.17. The summed E-state index contributed by atoms with van der Waals surface area (Å²) >= 11 is 0. The number of nitrogens with zero attached hydrogens (tertiary/aromatic N) is 4. The van der Waals surface area contributed by atoms with E-state index >= 15 is 0 Å². The summed E-state index contributed by atoms with van der Waals surface area (Å²) in [5, 5.41) is 19.4. The molecule has 116 valence electrons. The molecule has 0 amide bonds. The van der Waals surface area contributed by atoms with Crippen LogP contribution in [0.1, 0.15) is 38.3 Å². The van der Waals surface area contributed by atoms with E-state index in [2.05, 4.69) is 15.3 Å². The first-order chi connectivity index (χ1) is 10.1. The molecule has 1 saturated heterocycles. The van der Waals surface area contributed by atoms with Gasteiger partial charge in [0, 0.05) is 25.7 Å². The van der Waals surface area contributed by atoms with E-state index < -0.39 is 0 Å². The van der Waals surface area contributed by atoms with Gasteiger partial charge < -0.3 is 10.2 Å². The van der Waals surface area contributed by atoms with E-state index in [1.54, 1.807) is 4.68 Å².